The fourth-order valence-electron chi connectivity index (χ4n) is 8.75. The van der Waals surface area contributed by atoms with Crippen molar-refractivity contribution in [3.63, 3.8) is 0 Å². The van der Waals surface area contributed by atoms with Gasteiger partial charge in [0.05, 0.1) is 11.7 Å². The molecule has 2 nitrogen and oxygen atoms in total. The van der Waals surface area contributed by atoms with Crippen LogP contribution in [0.2, 0.25) is 0 Å². The van der Waals surface area contributed by atoms with Gasteiger partial charge in [-0.05, 0) is 111 Å². The van der Waals surface area contributed by atoms with Crippen molar-refractivity contribution in [1.29, 1.82) is 0 Å². The highest BCUT2D eigenvalue weighted by atomic mass is 16.3. The van der Waals surface area contributed by atoms with Crippen LogP contribution in [0.3, 0.4) is 0 Å². The Morgan fingerprint density at radius 1 is 0.897 bits per heavy atom. The van der Waals surface area contributed by atoms with Crippen molar-refractivity contribution < 1.29 is 10.2 Å². The summed E-state index contributed by atoms with van der Waals surface area (Å²) in [6.07, 6.45) is 12.4. The van der Waals surface area contributed by atoms with E-state index in [0.29, 0.717) is 11.3 Å². The van der Waals surface area contributed by atoms with E-state index in [0.717, 1.165) is 49.9 Å². The van der Waals surface area contributed by atoms with E-state index in [2.05, 4.69) is 44.2 Å². The van der Waals surface area contributed by atoms with Crippen LogP contribution >= 0.6 is 0 Å². The normalized spacial score (nSPS) is 49.2. The fraction of sp³-hybridized carbons (Fsp3) is 0.778. The zero-order chi connectivity index (χ0) is 20.3. The molecular formula is C27H40O2. The summed E-state index contributed by atoms with van der Waals surface area (Å²) < 4.78 is 0. The summed E-state index contributed by atoms with van der Waals surface area (Å²) in [5.74, 6) is 3.00. The second kappa shape index (κ2) is 7.09. The summed E-state index contributed by atoms with van der Waals surface area (Å²) in [4.78, 5) is 0. The quantitative estimate of drug-likeness (QED) is 0.682. The number of fused-ring (bicyclic) bond motifs is 5. The molecule has 4 saturated carbocycles. The van der Waals surface area contributed by atoms with Crippen LogP contribution in [0.15, 0.2) is 30.3 Å². The number of hydrogen-bond acceptors (Lipinski definition) is 2. The Balaban J connectivity index is 1.35. The van der Waals surface area contributed by atoms with Gasteiger partial charge in [-0.1, -0.05) is 44.2 Å². The third-order valence-corrected chi connectivity index (χ3v) is 10.6. The molecule has 0 heterocycles. The zero-order valence-electron chi connectivity index (χ0n) is 18.4. The molecule has 0 aromatic heterocycles. The third-order valence-electron chi connectivity index (χ3n) is 10.6. The summed E-state index contributed by atoms with van der Waals surface area (Å²) in [5.41, 5.74) is 1.36. The third kappa shape index (κ3) is 3.04. The monoisotopic (exact) mass is 396 g/mol. The van der Waals surface area contributed by atoms with Gasteiger partial charge in [0.25, 0.3) is 0 Å². The molecule has 0 bridgehead atoms. The van der Waals surface area contributed by atoms with E-state index in [1.54, 1.807) is 0 Å². The van der Waals surface area contributed by atoms with Crippen LogP contribution in [-0.4, -0.2) is 21.9 Å². The number of rotatable bonds is 3. The van der Waals surface area contributed by atoms with Crippen LogP contribution in [-0.2, 0) is 6.42 Å². The summed E-state index contributed by atoms with van der Waals surface area (Å²) in [7, 11) is 0. The smallest absolute Gasteiger partial charge is 0.0707 e. The predicted octanol–water partition coefficient (Wildman–Crippen LogP) is 5.75. The van der Waals surface area contributed by atoms with E-state index < -0.39 is 5.60 Å². The standard InChI is InChI=1S/C27H40O2/c1-25-14-11-21(28)18-20(25)8-9-22-23(25)12-15-26(2)24(22)13-17-27(26,29)16-10-19-6-4-3-5-7-19/h3-7,20-24,28-29H,8-18H2,1-2H3/t20-,21-,22-,23-,24+,25-,26-,27-/m0/s1. The van der Waals surface area contributed by atoms with E-state index in [1.165, 1.54) is 44.1 Å². The minimum absolute atomic E-state index is 0.0620. The lowest BCUT2D eigenvalue weighted by Crippen LogP contribution is -2.56. The van der Waals surface area contributed by atoms with E-state index in [4.69, 9.17) is 0 Å². The molecule has 1 aromatic rings. The lowest BCUT2D eigenvalue weighted by atomic mass is 9.44. The highest BCUT2D eigenvalue weighted by Gasteiger charge is 2.64. The first-order valence-electron chi connectivity index (χ1n) is 12.3. The summed E-state index contributed by atoms with van der Waals surface area (Å²) in [5, 5.41) is 22.1. The molecule has 4 aliphatic carbocycles. The minimum atomic E-state index is -0.501. The topological polar surface area (TPSA) is 40.5 Å². The molecule has 4 fully saturated rings. The van der Waals surface area contributed by atoms with E-state index in [9.17, 15) is 10.2 Å². The van der Waals surface area contributed by atoms with Crippen LogP contribution in [0.4, 0.5) is 0 Å². The van der Waals surface area contributed by atoms with Gasteiger partial charge in [0.15, 0.2) is 0 Å². The Morgan fingerprint density at radius 2 is 1.66 bits per heavy atom. The Labute approximate surface area is 177 Å². The van der Waals surface area contributed by atoms with Gasteiger partial charge in [-0.2, -0.15) is 0 Å². The second-order valence-electron chi connectivity index (χ2n) is 11.6. The molecule has 4 aliphatic rings. The SMILES string of the molecule is C[C@]12CC[C@H](O)C[C@@H]1CC[C@@H]1[C@H]3CC[C@@](O)(CCc4ccccc4)[C@@]3(C)CC[C@@H]12. The van der Waals surface area contributed by atoms with Crippen molar-refractivity contribution in [3.8, 4) is 0 Å². The minimum Gasteiger partial charge on any atom is -0.393 e. The first-order chi connectivity index (χ1) is 13.9. The molecule has 5 rings (SSSR count). The van der Waals surface area contributed by atoms with E-state index >= 15 is 0 Å². The molecule has 0 saturated heterocycles. The number of aryl methyl sites for hydroxylation is 1. The number of aliphatic hydroxyl groups excluding tert-OH is 1. The molecular weight excluding hydrogens is 356 g/mol. The van der Waals surface area contributed by atoms with Crippen LogP contribution in [0.25, 0.3) is 0 Å². The highest BCUT2D eigenvalue weighted by molar-refractivity contribution is 5.18. The highest BCUT2D eigenvalue weighted by Crippen LogP contribution is 2.68. The second-order valence-corrected chi connectivity index (χ2v) is 11.6. The number of benzene rings is 1. The summed E-state index contributed by atoms with van der Waals surface area (Å²) in [6.45, 7) is 4.99. The van der Waals surface area contributed by atoms with Crippen LogP contribution in [0.5, 0.6) is 0 Å². The van der Waals surface area contributed by atoms with Crippen molar-refractivity contribution in [1.82, 2.24) is 0 Å². The van der Waals surface area contributed by atoms with Crippen molar-refractivity contribution in [3.05, 3.63) is 35.9 Å². The maximum Gasteiger partial charge on any atom is 0.0707 e. The number of hydrogen-bond donors (Lipinski definition) is 2. The van der Waals surface area contributed by atoms with E-state index in [1.807, 2.05) is 0 Å². The first kappa shape index (κ1) is 20.1. The molecule has 0 radical (unpaired) electrons. The average molecular weight is 397 g/mol. The first-order valence-corrected chi connectivity index (χ1v) is 12.3. The molecule has 2 N–H and O–H groups in total. The number of aliphatic hydroxyl groups is 2. The van der Waals surface area contributed by atoms with Crippen molar-refractivity contribution in [2.24, 2.45) is 34.5 Å². The van der Waals surface area contributed by atoms with Gasteiger partial charge in [0, 0.05) is 0 Å². The molecule has 1 aromatic carbocycles. The Kier molecular flexibility index (Phi) is 4.91. The molecule has 0 unspecified atom stereocenters. The van der Waals surface area contributed by atoms with E-state index in [-0.39, 0.29) is 11.5 Å². The van der Waals surface area contributed by atoms with Crippen LogP contribution in [0, 0.1) is 34.5 Å². The summed E-state index contributed by atoms with van der Waals surface area (Å²) >= 11 is 0. The van der Waals surface area contributed by atoms with Crippen molar-refractivity contribution in [2.45, 2.75) is 96.2 Å². The lowest BCUT2D eigenvalue weighted by molar-refractivity contribution is -0.160. The van der Waals surface area contributed by atoms with Gasteiger partial charge in [-0.3, -0.25) is 0 Å². The van der Waals surface area contributed by atoms with Gasteiger partial charge in [-0.15, -0.1) is 0 Å². The van der Waals surface area contributed by atoms with Crippen molar-refractivity contribution >= 4 is 0 Å². The van der Waals surface area contributed by atoms with Gasteiger partial charge in [0.2, 0.25) is 0 Å². The summed E-state index contributed by atoms with van der Waals surface area (Å²) in [6, 6.07) is 10.7. The maximum absolute atomic E-state index is 11.9. The zero-order valence-corrected chi connectivity index (χ0v) is 18.4. The van der Waals surface area contributed by atoms with Crippen molar-refractivity contribution in [2.75, 3.05) is 0 Å². The Morgan fingerprint density at radius 3 is 2.45 bits per heavy atom. The molecule has 2 heteroatoms. The Hall–Kier alpha value is -0.860. The van der Waals surface area contributed by atoms with Gasteiger partial charge in [0.1, 0.15) is 0 Å². The molecule has 0 amide bonds. The Bertz CT molecular complexity index is 731. The lowest BCUT2D eigenvalue weighted by Gasteiger charge is -2.61. The molecule has 0 aliphatic heterocycles. The van der Waals surface area contributed by atoms with Gasteiger partial charge < -0.3 is 10.2 Å². The maximum atomic E-state index is 11.9. The fourth-order valence-corrected chi connectivity index (χ4v) is 8.75. The average Bonchev–Trinajstić information content (AvgIpc) is 2.99. The van der Waals surface area contributed by atoms with Crippen LogP contribution in [0.1, 0.15) is 83.6 Å². The predicted molar refractivity (Wildman–Crippen MR) is 117 cm³/mol. The molecule has 160 valence electrons. The largest absolute Gasteiger partial charge is 0.393 e. The van der Waals surface area contributed by atoms with Gasteiger partial charge in [-0.25, -0.2) is 0 Å². The molecule has 8 atom stereocenters. The molecule has 29 heavy (non-hydrogen) atoms. The van der Waals surface area contributed by atoms with Crippen LogP contribution < -0.4 is 0 Å². The van der Waals surface area contributed by atoms with Gasteiger partial charge >= 0.3 is 0 Å². The molecule has 0 spiro atoms.